The van der Waals surface area contributed by atoms with E-state index in [1.807, 2.05) is 0 Å². The number of primary amides is 1. The van der Waals surface area contributed by atoms with Gasteiger partial charge in [0.05, 0.1) is 11.9 Å². The lowest BCUT2D eigenvalue weighted by atomic mass is 10.4. The summed E-state index contributed by atoms with van der Waals surface area (Å²) in [5.41, 5.74) is 5.40. The maximum absolute atomic E-state index is 12.1. The number of nitrogens with one attached hydrogen (secondary N) is 1. The molecule has 0 aliphatic rings. The molecule has 0 spiro atoms. The Morgan fingerprint density at radius 3 is 2.81 bits per heavy atom. The minimum absolute atomic E-state index is 0.0395. The molecule has 2 aromatic rings. The first-order valence-corrected chi connectivity index (χ1v) is 7.64. The Labute approximate surface area is 122 Å². The van der Waals surface area contributed by atoms with Crippen LogP contribution in [0.3, 0.4) is 0 Å². The Kier molecular flexibility index (Phi) is 4.34. The first-order chi connectivity index (χ1) is 9.92. The number of nitrogens with two attached hydrogens (primary N) is 1. The van der Waals surface area contributed by atoms with Crippen molar-refractivity contribution >= 4 is 15.9 Å². The van der Waals surface area contributed by atoms with Gasteiger partial charge >= 0.3 is 0 Å². The quantitative estimate of drug-likeness (QED) is 0.761. The number of pyridine rings is 1. The minimum Gasteiger partial charge on any atom is -0.370 e. The fraction of sp³-hybridized carbons (Fsp3) is 0.250. The lowest BCUT2D eigenvalue weighted by Crippen LogP contribution is -2.28. The molecule has 0 fully saturated rings. The number of sulfonamides is 1. The fourth-order valence-corrected chi connectivity index (χ4v) is 2.94. The van der Waals surface area contributed by atoms with Crippen LogP contribution < -0.4 is 10.5 Å². The molecular formula is C12H15N5O3S. The molecule has 0 unspecified atom stereocenters. The average molecular weight is 309 g/mol. The highest BCUT2D eigenvalue weighted by Gasteiger charge is 2.21. The molecule has 0 bridgehead atoms. The van der Waals surface area contributed by atoms with E-state index in [0.717, 1.165) is 0 Å². The van der Waals surface area contributed by atoms with E-state index in [4.69, 9.17) is 5.73 Å². The predicted octanol–water partition coefficient (Wildman–Crippen LogP) is -0.271. The maximum atomic E-state index is 12.1. The number of hydrogen-bond acceptors (Lipinski definition) is 5. The van der Waals surface area contributed by atoms with Gasteiger partial charge in [0, 0.05) is 19.2 Å². The van der Waals surface area contributed by atoms with Crippen molar-refractivity contribution in [1.29, 1.82) is 0 Å². The molecule has 2 heterocycles. The summed E-state index contributed by atoms with van der Waals surface area (Å²) in [6.07, 6.45) is 2.78. The molecule has 1 amide bonds. The Morgan fingerprint density at radius 1 is 1.43 bits per heavy atom. The summed E-state index contributed by atoms with van der Waals surface area (Å²) in [5, 5.41) is 4.04. The van der Waals surface area contributed by atoms with Crippen LogP contribution in [0.5, 0.6) is 0 Å². The molecule has 0 aromatic carbocycles. The number of nitrogens with zero attached hydrogens (tertiary/aromatic N) is 3. The van der Waals surface area contributed by atoms with Gasteiger partial charge in [0.25, 0.3) is 0 Å². The van der Waals surface area contributed by atoms with Gasteiger partial charge in [-0.25, -0.2) is 22.8 Å². The van der Waals surface area contributed by atoms with Gasteiger partial charge in [-0.3, -0.25) is 4.79 Å². The zero-order valence-electron chi connectivity index (χ0n) is 11.4. The molecule has 8 nitrogen and oxygen atoms in total. The van der Waals surface area contributed by atoms with Gasteiger partial charge in [0.15, 0.2) is 5.82 Å². The van der Waals surface area contributed by atoms with Gasteiger partial charge in [-0.05, 0) is 19.1 Å². The summed E-state index contributed by atoms with van der Waals surface area (Å²) in [4.78, 5) is 14.8. The van der Waals surface area contributed by atoms with Crippen LogP contribution >= 0.6 is 0 Å². The first kappa shape index (κ1) is 15.1. The molecule has 0 saturated carbocycles. The molecule has 2 rings (SSSR count). The highest BCUT2D eigenvalue weighted by molar-refractivity contribution is 7.89. The molecule has 0 radical (unpaired) electrons. The Bertz CT molecular complexity index is 740. The monoisotopic (exact) mass is 309 g/mol. The third kappa shape index (κ3) is 3.44. The van der Waals surface area contributed by atoms with E-state index >= 15 is 0 Å². The normalized spacial score (nSPS) is 11.5. The number of hydrogen-bond donors (Lipinski definition) is 2. The number of carbonyl (C=O) groups is 1. The maximum Gasteiger partial charge on any atom is 0.243 e. The van der Waals surface area contributed by atoms with Crippen molar-refractivity contribution in [2.45, 2.75) is 18.2 Å². The second kappa shape index (κ2) is 6.02. The number of amides is 1. The van der Waals surface area contributed by atoms with Crippen LogP contribution in [0.25, 0.3) is 5.82 Å². The van der Waals surface area contributed by atoms with Crippen LogP contribution in [0, 0.1) is 6.92 Å². The molecule has 112 valence electrons. The molecule has 9 heteroatoms. The van der Waals surface area contributed by atoms with Crippen LogP contribution in [-0.2, 0) is 14.8 Å². The summed E-state index contributed by atoms with van der Waals surface area (Å²) in [5.74, 6) is -0.0489. The molecule has 2 aromatic heterocycles. The second-order valence-corrected chi connectivity index (χ2v) is 6.04. The third-order valence-electron chi connectivity index (χ3n) is 2.78. The van der Waals surface area contributed by atoms with E-state index in [2.05, 4.69) is 14.8 Å². The van der Waals surface area contributed by atoms with Crippen molar-refractivity contribution in [3.8, 4) is 5.82 Å². The number of aromatic nitrogens is 3. The topological polar surface area (TPSA) is 120 Å². The summed E-state index contributed by atoms with van der Waals surface area (Å²) in [7, 11) is -3.74. The molecule has 21 heavy (non-hydrogen) atoms. The van der Waals surface area contributed by atoms with Gasteiger partial charge in [-0.15, -0.1) is 0 Å². The molecule has 0 atom stereocenters. The highest BCUT2D eigenvalue weighted by Crippen LogP contribution is 2.16. The van der Waals surface area contributed by atoms with Crippen molar-refractivity contribution < 1.29 is 13.2 Å². The Balaban J connectivity index is 2.26. The lowest BCUT2D eigenvalue weighted by Gasteiger charge is -2.06. The van der Waals surface area contributed by atoms with Crippen LogP contribution in [0.4, 0.5) is 0 Å². The van der Waals surface area contributed by atoms with Gasteiger partial charge in [0.1, 0.15) is 4.90 Å². The van der Waals surface area contributed by atoms with Crippen LogP contribution in [0.2, 0.25) is 0 Å². The van der Waals surface area contributed by atoms with Crippen LogP contribution in [0.15, 0.2) is 35.5 Å². The van der Waals surface area contributed by atoms with E-state index in [-0.39, 0.29) is 17.9 Å². The average Bonchev–Trinajstić information content (AvgIpc) is 2.81. The molecule has 3 N–H and O–H groups in total. The van der Waals surface area contributed by atoms with Crippen LogP contribution in [0.1, 0.15) is 12.1 Å². The van der Waals surface area contributed by atoms with Gasteiger partial charge in [-0.1, -0.05) is 6.07 Å². The largest absolute Gasteiger partial charge is 0.370 e. The second-order valence-electron chi connectivity index (χ2n) is 4.31. The Morgan fingerprint density at radius 2 is 2.19 bits per heavy atom. The van der Waals surface area contributed by atoms with E-state index in [0.29, 0.717) is 11.5 Å². The molecule has 0 aliphatic carbocycles. The van der Waals surface area contributed by atoms with Crippen molar-refractivity contribution in [3.05, 3.63) is 36.3 Å². The standard InChI is InChI=1S/C12H15N5O3S/c1-9-10(21(19,20)16-7-5-11(13)18)8-15-17(9)12-4-2-3-6-14-12/h2-4,6,8,16H,5,7H2,1H3,(H2,13,18). The molecule has 0 aliphatic heterocycles. The molecular weight excluding hydrogens is 294 g/mol. The zero-order valence-corrected chi connectivity index (χ0v) is 12.2. The van der Waals surface area contributed by atoms with Gasteiger partial charge < -0.3 is 5.73 Å². The number of rotatable bonds is 6. The number of carbonyl (C=O) groups excluding carboxylic acids is 1. The van der Waals surface area contributed by atoms with Crippen molar-refractivity contribution in [1.82, 2.24) is 19.5 Å². The summed E-state index contributed by atoms with van der Waals surface area (Å²) in [6.45, 7) is 1.58. The predicted molar refractivity (Wildman–Crippen MR) is 75.1 cm³/mol. The van der Waals surface area contributed by atoms with E-state index < -0.39 is 15.9 Å². The minimum atomic E-state index is -3.74. The summed E-state index contributed by atoms with van der Waals surface area (Å²) < 4.78 is 28.0. The molecule has 0 saturated heterocycles. The zero-order chi connectivity index (χ0) is 15.5. The highest BCUT2D eigenvalue weighted by atomic mass is 32.2. The summed E-state index contributed by atoms with van der Waals surface area (Å²) in [6, 6.07) is 5.25. The Hall–Kier alpha value is -2.26. The van der Waals surface area contributed by atoms with E-state index in [1.165, 1.54) is 10.9 Å². The first-order valence-electron chi connectivity index (χ1n) is 6.16. The van der Waals surface area contributed by atoms with Gasteiger partial charge in [0.2, 0.25) is 15.9 Å². The van der Waals surface area contributed by atoms with Crippen molar-refractivity contribution in [2.24, 2.45) is 5.73 Å². The van der Waals surface area contributed by atoms with E-state index in [9.17, 15) is 13.2 Å². The van der Waals surface area contributed by atoms with E-state index in [1.54, 1.807) is 31.3 Å². The smallest absolute Gasteiger partial charge is 0.243 e. The SMILES string of the molecule is Cc1c(S(=O)(=O)NCCC(N)=O)cnn1-c1ccccn1. The fourth-order valence-electron chi connectivity index (χ4n) is 1.75. The lowest BCUT2D eigenvalue weighted by molar-refractivity contribution is -0.117. The van der Waals surface area contributed by atoms with Crippen LogP contribution in [-0.4, -0.2) is 35.6 Å². The van der Waals surface area contributed by atoms with Crippen molar-refractivity contribution in [2.75, 3.05) is 6.54 Å². The third-order valence-corrected chi connectivity index (χ3v) is 4.35. The van der Waals surface area contributed by atoms with Gasteiger partial charge in [-0.2, -0.15) is 5.10 Å². The summed E-state index contributed by atoms with van der Waals surface area (Å²) >= 11 is 0. The van der Waals surface area contributed by atoms with Crippen molar-refractivity contribution in [3.63, 3.8) is 0 Å².